The fourth-order valence-corrected chi connectivity index (χ4v) is 1.67. The number of benzene rings is 1. The summed E-state index contributed by atoms with van der Waals surface area (Å²) in [5.41, 5.74) is 1.20. The van der Waals surface area contributed by atoms with Crippen molar-refractivity contribution in [1.29, 1.82) is 5.26 Å². The second-order valence-corrected chi connectivity index (χ2v) is 4.58. The lowest BCUT2D eigenvalue weighted by atomic mass is 10.1. The molecule has 0 aliphatic heterocycles. The Kier molecular flexibility index (Phi) is 6.91. The van der Waals surface area contributed by atoms with Crippen molar-refractivity contribution in [2.24, 2.45) is 0 Å². The molecule has 0 fully saturated rings. The molecule has 2 N–H and O–H groups in total. The Balaban J connectivity index is 2.57. The van der Waals surface area contributed by atoms with Gasteiger partial charge in [0, 0.05) is 18.8 Å². The Morgan fingerprint density at radius 1 is 1.40 bits per heavy atom. The van der Waals surface area contributed by atoms with Gasteiger partial charge in [-0.3, -0.25) is 4.79 Å². The van der Waals surface area contributed by atoms with Gasteiger partial charge in [0.1, 0.15) is 11.6 Å². The number of amides is 1. The number of nitriles is 1. The zero-order chi connectivity index (χ0) is 14.8. The summed E-state index contributed by atoms with van der Waals surface area (Å²) in [6, 6.07) is 11.8. The van der Waals surface area contributed by atoms with Crippen molar-refractivity contribution in [3.8, 4) is 6.07 Å². The van der Waals surface area contributed by atoms with Crippen LogP contribution >= 0.6 is 0 Å². The van der Waals surface area contributed by atoms with Gasteiger partial charge in [0.15, 0.2) is 0 Å². The first kappa shape index (κ1) is 15.8. The van der Waals surface area contributed by atoms with Gasteiger partial charge < -0.3 is 10.6 Å². The molecule has 1 aromatic carbocycles. The van der Waals surface area contributed by atoms with E-state index in [9.17, 15) is 4.79 Å². The molecule has 20 heavy (non-hydrogen) atoms. The molecule has 0 aliphatic rings. The van der Waals surface area contributed by atoms with E-state index in [4.69, 9.17) is 5.26 Å². The van der Waals surface area contributed by atoms with Gasteiger partial charge in [-0.05, 0) is 18.9 Å². The van der Waals surface area contributed by atoms with Crippen LogP contribution in [0.3, 0.4) is 0 Å². The molecule has 4 nitrogen and oxygen atoms in total. The van der Waals surface area contributed by atoms with Crippen molar-refractivity contribution in [2.45, 2.75) is 32.7 Å². The van der Waals surface area contributed by atoms with Crippen molar-refractivity contribution in [3.63, 3.8) is 0 Å². The SMILES string of the molecule is CCCCNC(=O)/C(C#N)=C\NC(C)c1ccccc1. The molecule has 1 amide bonds. The topological polar surface area (TPSA) is 64.9 Å². The van der Waals surface area contributed by atoms with E-state index in [0.717, 1.165) is 18.4 Å². The van der Waals surface area contributed by atoms with Crippen molar-refractivity contribution in [2.75, 3.05) is 6.54 Å². The zero-order valence-electron chi connectivity index (χ0n) is 12.0. The third kappa shape index (κ3) is 5.15. The Bertz CT molecular complexity index is 488. The van der Waals surface area contributed by atoms with Crippen LogP contribution in [0.4, 0.5) is 0 Å². The third-order valence-corrected chi connectivity index (χ3v) is 2.96. The van der Waals surface area contributed by atoms with Crippen molar-refractivity contribution in [1.82, 2.24) is 10.6 Å². The summed E-state index contributed by atoms with van der Waals surface area (Å²) in [6.45, 7) is 4.63. The molecule has 0 bridgehead atoms. The monoisotopic (exact) mass is 271 g/mol. The maximum atomic E-state index is 11.8. The highest BCUT2D eigenvalue weighted by Gasteiger charge is 2.09. The number of nitrogens with one attached hydrogen (secondary N) is 2. The van der Waals surface area contributed by atoms with E-state index < -0.39 is 0 Å². The normalized spacial score (nSPS) is 12.3. The van der Waals surface area contributed by atoms with Gasteiger partial charge >= 0.3 is 0 Å². The van der Waals surface area contributed by atoms with E-state index in [0.29, 0.717) is 6.54 Å². The second-order valence-electron chi connectivity index (χ2n) is 4.58. The lowest BCUT2D eigenvalue weighted by Crippen LogP contribution is -2.26. The van der Waals surface area contributed by atoms with Crippen LogP contribution in [0.25, 0.3) is 0 Å². The minimum absolute atomic E-state index is 0.0444. The average Bonchev–Trinajstić information content (AvgIpc) is 2.49. The predicted octanol–water partition coefficient (Wildman–Crippen LogP) is 2.66. The molecular formula is C16H21N3O. The second kappa shape index (κ2) is 8.76. The largest absolute Gasteiger partial charge is 0.383 e. The van der Waals surface area contributed by atoms with Gasteiger partial charge in [0.05, 0.1) is 0 Å². The molecule has 1 rings (SSSR count). The van der Waals surface area contributed by atoms with Crippen LogP contribution < -0.4 is 10.6 Å². The van der Waals surface area contributed by atoms with E-state index in [-0.39, 0.29) is 17.5 Å². The average molecular weight is 271 g/mol. The maximum Gasteiger partial charge on any atom is 0.263 e. The number of unbranched alkanes of at least 4 members (excludes halogenated alkanes) is 1. The molecule has 0 radical (unpaired) electrons. The fourth-order valence-electron chi connectivity index (χ4n) is 1.67. The van der Waals surface area contributed by atoms with Gasteiger partial charge in [-0.2, -0.15) is 5.26 Å². The third-order valence-electron chi connectivity index (χ3n) is 2.96. The van der Waals surface area contributed by atoms with Crippen LogP contribution in [0.15, 0.2) is 42.1 Å². The Morgan fingerprint density at radius 3 is 2.70 bits per heavy atom. The van der Waals surface area contributed by atoms with Crippen LogP contribution in [-0.2, 0) is 4.79 Å². The standard InChI is InChI=1S/C16H21N3O/c1-3-4-10-18-16(20)15(11-17)12-19-13(2)14-8-6-5-7-9-14/h5-9,12-13,19H,3-4,10H2,1-2H3,(H,18,20)/b15-12-. The number of hydrogen-bond donors (Lipinski definition) is 2. The van der Waals surface area contributed by atoms with E-state index in [1.807, 2.05) is 43.3 Å². The highest BCUT2D eigenvalue weighted by molar-refractivity contribution is 5.97. The van der Waals surface area contributed by atoms with Gasteiger partial charge in [0.2, 0.25) is 0 Å². The van der Waals surface area contributed by atoms with Crippen LogP contribution in [-0.4, -0.2) is 12.5 Å². The van der Waals surface area contributed by atoms with Gasteiger partial charge in [-0.25, -0.2) is 0 Å². The van der Waals surface area contributed by atoms with Gasteiger partial charge in [0.25, 0.3) is 5.91 Å². The summed E-state index contributed by atoms with van der Waals surface area (Å²) < 4.78 is 0. The molecule has 0 saturated heterocycles. The first-order valence-corrected chi connectivity index (χ1v) is 6.88. The van der Waals surface area contributed by atoms with Crippen LogP contribution in [0.5, 0.6) is 0 Å². The Morgan fingerprint density at radius 2 is 2.10 bits per heavy atom. The number of carbonyl (C=O) groups is 1. The molecule has 1 unspecified atom stereocenters. The van der Waals surface area contributed by atoms with Crippen LogP contribution in [0, 0.1) is 11.3 Å². The Labute approximate surface area is 120 Å². The number of hydrogen-bond acceptors (Lipinski definition) is 3. The molecule has 106 valence electrons. The van der Waals surface area contributed by atoms with E-state index in [1.165, 1.54) is 6.20 Å². The van der Waals surface area contributed by atoms with Crippen molar-refractivity contribution in [3.05, 3.63) is 47.7 Å². The lowest BCUT2D eigenvalue weighted by Gasteiger charge is -2.12. The van der Waals surface area contributed by atoms with Crippen LogP contribution in [0.2, 0.25) is 0 Å². The van der Waals surface area contributed by atoms with Gasteiger partial charge in [-0.1, -0.05) is 43.7 Å². The molecule has 0 aromatic heterocycles. The summed E-state index contributed by atoms with van der Waals surface area (Å²) in [6.07, 6.45) is 3.41. The molecule has 0 spiro atoms. The first-order valence-electron chi connectivity index (χ1n) is 6.88. The summed E-state index contributed by atoms with van der Waals surface area (Å²) in [5.74, 6) is -0.325. The summed E-state index contributed by atoms with van der Waals surface area (Å²) in [7, 11) is 0. The number of rotatable bonds is 7. The summed E-state index contributed by atoms with van der Waals surface area (Å²) in [5, 5.41) is 14.8. The molecule has 4 heteroatoms. The highest BCUT2D eigenvalue weighted by atomic mass is 16.1. The smallest absolute Gasteiger partial charge is 0.263 e. The molecule has 0 saturated carbocycles. The minimum atomic E-state index is -0.325. The number of carbonyl (C=O) groups excluding carboxylic acids is 1. The zero-order valence-corrected chi connectivity index (χ0v) is 12.0. The molecule has 1 atom stereocenters. The van der Waals surface area contributed by atoms with Gasteiger partial charge in [-0.15, -0.1) is 0 Å². The fraction of sp³-hybridized carbons (Fsp3) is 0.375. The minimum Gasteiger partial charge on any atom is -0.383 e. The Hall–Kier alpha value is -2.28. The number of nitrogens with zero attached hydrogens (tertiary/aromatic N) is 1. The molecule has 0 aliphatic carbocycles. The first-order chi connectivity index (χ1) is 9.69. The van der Waals surface area contributed by atoms with E-state index >= 15 is 0 Å². The predicted molar refractivity (Wildman–Crippen MR) is 79.6 cm³/mol. The molecule has 1 aromatic rings. The quantitative estimate of drug-likeness (QED) is 0.455. The highest BCUT2D eigenvalue weighted by Crippen LogP contribution is 2.11. The van der Waals surface area contributed by atoms with E-state index in [1.54, 1.807) is 0 Å². The summed E-state index contributed by atoms with van der Waals surface area (Å²) >= 11 is 0. The van der Waals surface area contributed by atoms with E-state index in [2.05, 4.69) is 17.6 Å². The van der Waals surface area contributed by atoms with Crippen molar-refractivity contribution < 1.29 is 4.79 Å². The van der Waals surface area contributed by atoms with Crippen molar-refractivity contribution >= 4 is 5.91 Å². The lowest BCUT2D eigenvalue weighted by molar-refractivity contribution is -0.117. The maximum absolute atomic E-state index is 11.8. The van der Waals surface area contributed by atoms with Crippen LogP contribution in [0.1, 0.15) is 38.3 Å². The summed E-state index contributed by atoms with van der Waals surface area (Å²) in [4.78, 5) is 11.8. The molecular weight excluding hydrogens is 250 g/mol. The molecule has 0 heterocycles.